The molecule has 5 aromatic rings. The van der Waals surface area contributed by atoms with Gasteiger partial charge in [0.15, 0.2) is 0 Å². The number of unbranched alkanes of at least 4 members (excludes halogenated alkanes) is 3. The summed E-state index contributed by atoms with van der Waals surface area (Å²) in [6.45, 7) is 5.23. The summed E-state index contributed by atoms with van der Waals surface area (Å²) in [6.07, 6.45) is 0.480. The lowest BCUT2D eigenvalue weighted by molar-refractivity contribution is -0.149. The van der Waals surface area contributed by atoms with Crippen LogP contribution in [0.15, 0.2) is 85.2 Å². The zero-order valence-electron chi connectivity index (χ0n) is 74.8. The number of aliphatic hydroxyl groups excluding tert-OH is 2. The van der Waals surface area contributed by atoms with Gasteiger partial charge in [0, 0.05) is 113 Å². The maximum atomic E-state index is 15.7. The van der Waals surface area contributed by atoms with Gasteiger partial charge >= 0.3 is 5.97 Å². The van der Waals surface area contributed by atoms with Crippen LogP contribution in [0.2, 0.25) is 0 Å². The number of aliphatic hydroxyl groups is 2. The predicted molar refractivity (Wildman–Crippen MR) is 479 cm³/mol. The highest BCUT2D eigenvalue weighted by Crippen LogP contribution is 2.28. The van der Waals surface area contributed by atoms with E-state index in [2.05, 4.69) is 63.1 Å². The van der Waals surface area contributed by atoms with Crippen LogP contribution in [-0.2, 0) is 106 Å². The number of carboxylic acid groups (broad SMARTS) is 1. The van der Waals surface area contributed by atoms with Gasteiger partial charge in [-0.2, -0.15) is 0 Å². The van der Waals surface area contributed by atoms with Gasteiger partial charge in [-0.1, -0.05) is 108 Å². The van der Waals surface area contributed by atoms with Gasteiger partial charge in [0.1, 0.15) is 90.3 Å². The second-order valence-electron chi connectivity index (χ2n) is 33.7. The van der Waals surface area contributed by atoms with Crippen LogP contribution in [-0.4, -0.2) is 317 Å². The molecule has 0 radical (unpaired) electrons. The van der Waals surface area contributed by atoms with Crippen molar-refractivity contribution in [2.24, 2.45) is 23.1 Å². The van der Waals surface area contributed by atoms with Gasteiger partial charge in [-0.05, 0) is 92.3 Å². The lowest BCUT2D eigenvalue weighted by atomic mass is 9.99. The Morgan fingerprint density at radius 2 is 1.07 bits per heavy atom. The Labute approximate surface area is 761 Å². The number of carbonyl (C=O) groups excluding carboxylic acids is 17. The SMILES string of the molecule is CCCCC[C@H]1C(=O)N[C@@H](CC(C)C)C(=O)N[C@H](C(=O)NCC(N)=O)CSCC(=O)N[C@@H](Cc2ccc(O)cc2)C(=O)N(C)[C@@H](C)C(=O)N[C@@H](CC(N)=O)C(=O)N2CCC[C@H]2C(=O)N[C@@H](CN)C(=O)N[C@@H](CCC(=O)O)C(=O)N2C[C@H](O)C[C@H]2C(=O)N[C@@H](Cc2c[nH]c3ccccc23)C(=O)N[C@@H](CO)C(=O)N[C@@H](Cc2c[nH]c3ccccc23)C(=O)N(C)[C@@H](CCCC)C(=O)N1C. The number of fused-ring (bicyclic) bond motifs is 4. The van der Waals surface area contributed by atoms with Crippen LogP contribution >= 0.6 is 11.8 Å². The molecule has 2 aromatic heterocycles. The number of hydrogen-bond acceptors (Lipinski definition) is 23. The number of thioether (sulfide) groups is 1. The van der Waals surface area contributed by atoms with E-state index in [1.807, 2.05) is 13.8 Å². The molecule has 3 aliphatic rings. The number of phenols is 1. The number of para-hydroxylation sites is 2. The molecule has 3 aliphatic heterocycles. The number of carbonyl (C=O) groups is 18. The average molecular weight is 1850 g/mol. The van der Waals surface area contributed by atoms with E-state index in [0.717, 1.165) is 31.4 Å². The molecule has 15 atom stereocenters. The Bertz CT molecular complexity index is 4930. The molecule has 3 fully saturated rings. The second kappa shape index (κ2) is 49.3. The van der Waals surface area contributed by atoms with Crippen molar-refractivity contribution >= 4 is 140 Å². The summed E-state index contributed by atoms with van der Waals surface area (Å²) in [4.78, 5) is 271. The average Bonchev–Trinajstić information content (AvgIpc) is 1.70. The molecular weight excluding hydrogens is 1720 g/mol. The lowest BCUT2D eigenvalue weighted by Gasteiger charge is -2.36. The number of primary amides is 2. The van der Waals surface area contributed by atoms with Crippen molar-refractivity contribution in [3.63, 3.8) is 0 Å². The molecule has 131 heavy (non-hydrogen) atoms. The maximum Gasteiger partial charge on any atom is 0.303 e. The predicted octanol–water partition coefficient (Wildman–Crippen LogP) is -2.94. The highest BCUT2D eigenvalue weighted by molar-refractivity contribution is 8.00. The third-order valence-electron chi connectivity index (χ3n) is 23.5. The summed E-state index contributed by atoms with van der Waals surface area (Å²) >= 11 is 0.782. The number of aromatic nitrogens is 2. The van der Waals surface area contributed by atoms with Gasteiger partial charge in [0.05, 0.1) is 31.4 Å². The van der Waals surface area contributed by atoms with Crippen LogP contribution in [0.1, 0.15) is 141 Å². The molecule has 42 nitrogen and oxygen atoms in total. The minimum atomic E-state index is -1.92. The van der Waals surface area contributed by atoms with Crippen LogP contribution in [0.3, 0.4) is 0 Å². The molecular formula is C88H124N20O22S. The number of hydrogen-bond donors (Lipinski definition) is 19. The topological polar surface area (TPSA) is 634 Å². The van der Waals surface area contributed by atoms with E-state index in [1.165, 1.54) is 57.2 Å². The van der Waals surface area contributed by atoms with Gasteiger partial charge < -0.3 is 125 Å². The van der Waals surface area contributed by atoms with Crippen LogP contribution in [0.25, 0.3) is 21.8 Å². The first kappa shape index (κ1) is 104. The number of aromatic hydroxyl groups is 1. The van der Waals surface area contributed by atoms with E-state index in [9.17, 15) is 73.2 Å². The van der Waals surface area contributed by atoms with Crippen molar-refractivity contribution in [1.29, 1.82) is 0 Å². The zero-order valence-corrected chi connectivity index (χ0v) is 75.6. The largest absolute Gasteiger partial charge is 0.508 e. The number of amides is 17. The molecule has 8 rings (SSSR count). The molecule has 5 heterocycles. The first-order chi connectivity index (χ1) is 62.3. The van der Waals surface area contributed by atoms with E-state index >= 15 is 33.6 Å². The fraction of sp³-hybridized carbons (Fsp3) is 0.545. The van der Waals surface area contributed by atoms with E-state index in [4.69, 9.17) is 17.2 Å². The van der Waals surface area contributed by atoms with Crippen LogP contribution in [0.4, 0.5) is 0 Å². The van der Waals surface area contributed by atoms with Gasteiger partial charge in [0.2, 0.25) is 100 Å². The van der Waals surface area contributed by atoms with E-state index in [1.54, 1.807) is 74.8 Å². The molecule has 0 aliphatic carbocycles. The first-order valence-corrected chi connectivity index (χ1v) is 45.1. The summed E-state index contributed by atoms with van der Waals surface area (Å²) in [6, 6.07) is -3.05. The number of aromatic amines is 2. The zero-order chi connectivity index (χ0) is 96.2. The fourth-order valence-electron chi connectivity index (χ4n) is 16.1. The third kappa shape index (κ3) is 28.9. The van der Waals surface area contributed by atoms with Crippen LogP contribution < -0.4 is 70.4 Å². The Morgan fingerprint density at radius 3 is 1.67 bits per heavy atom. The van der Waals surface area contributed by atoms with Gasteiger partial charge in [-0.15, -0.1) is 11.8 Å². The Hall–Kier alpha value is -12.8. The van der Waals surface area contributed by atoms with E-state index < -0.39 is 261 Å². The number of nitrogens with two attached hydrogens (primary N) is 3. The van der Waals surface area contributed by atoms with E-state index in [-0.39, 0.29) is 69.6 Å². The van der Waals surface area contributed by atoms with Crippen molar-refractivity contribution in [3.05, 3.63) is 102 Å². The van der Waals surface area contributed by atoms with Gasteiger partial charge in [0.25, 0.3) is 0 Å². The number of aliphatic carboxylic acids is 1. The van der Waals surface area contributed by atoms with Crippen molar-refractivity contribution in [3.8, 4) is 5.75 Å². The number of H-pyrrole nitrogens is 2. The quantitative estimate of drug-likeness (QED) is 0.0260. The third-order valence-corrected chi connectivity index (χ3v) is 24.5. The summed E-state index contributed by atoms with van der Waals surface area (Å²) in [7, 11) is 3.91. The fourth-order valence-corrected chi connectivity index (χ4v) is 17.0. The number of nitrogens with one attached hydrogen (secondary N) is 12. The summed E-state index contributed by atoms with van der Waals surface area (Å²) < 4.78 is 0. The van der Waals surface area contributed by atoms with Gasteiger partial charge in [-0.3, -0.25) is 86.3 Å². The monoisotopic (exact) mass is 1840 g/mol. The van der Waals surface area contributed by atoms with Crippen molar-refractivity contribution in [1.82, 2.24) is 87.6 Å². The maximum absolute atomic E-state index is 15.7. The number of benzene rings is 3. The molecule has 0 saturated carbocycles. The highest BCUT2D eigenvalue weighted by Gasteiger charge is 2.47. The lowest BCUT2D eigenvalue weighted by Crippen LogP contribution is -2.62. The number of likely N-dealkylation sites (N-methyl/N-ethyl adjacent to an activating group) is 3. The Kier molecular flexibility index (Phi) is 39.0. The summed E-state index contributed by atoms with van der Waals surface area (Å²) in [5, 5.41) is 69.6. The van der Waals surface area contributed by atoms with Crippen LogP contribution in [0, 0.1) is 5.92 Å². The van der Waals surface area contributed by atoms with Crippen molar-refractivity contribution < 1.29 is 107 Å². The second-order valence-corrected chi connectivity index (χ2v) is 34.8. The molecule has 3 saturated heterocycles. The van der Waals surface area contributed by atoms with Crippen LogP contribution in [0.5, 0.6) is 5.75 Å². The Balaban J connectivity index is 1.19. The standard InChI is InChI=1S/C88H124N20O22S/c1-9-11-13-24-67-81(123)97-59(33-47(3)4)77(119)103-66(76(118)94-42-72(91)113)45-131-46-73(114)95-61(34-49-26-28-52(110)29-27-49)84(126)104(6)48(5)75(117)99-63(38-71(90)112)87(129)107-32-18-25-68(107)82(124)101-64(39-89)79(121)96-58(30-31-74(115)116)86(128)108-43-53(111)37-70(108)83(125)98-60(35-50-40-92-56-21-16-14-19-54(50)56)78(120)102-65(44-109)80(122)100-62(36-51-41-93-57-22-17-15-20-55(51)57)85(127)106(8)69(23-12-10-2)88(130)105(67)7/h14-17,19-22,26-29,40-41,47-48,53,58-70,92-93,109-111H,9-13,18,23-25,30-39,42-46,89H2,1-8H3,(H2,90,112)(H2,91,113)(H,94,118)(H,95,114)(H,96,121)(H,97,123)(H,98,125)(H,99,117)(H,100,122)(H,101,124)(H,102,120)(H,103,119)(H,115,116)/t48-,53+,58-,59-,60-,61-,62-,63-,64-,65-,66-,67-,68-,69-,70-/m0/s1. The molecule has 0 bridgehead atoms. The molecule has 43 heteroatoms. The molecule has 714 valence electrons. The number of carboxylic acids is 1. The minimum Gasteiger partial charge on any atom is -0.508 e. The van der Waals surface area contributed by atoms with Crippen molar-refractivity contribution in [2.45, 2.75) is 234 Å². The minimum absolute atomic E-state index is 0.000401. The normalized spacial score (nSPS) is 25.2. The molecule has 0 spiro atoms. The number of nitrogens with zero attached hydrogens (tertiary/aromatic N) is 5. The summed E-state index contributed by atoms with van der Waals surface area (Å²) in [5.41, 5.74) is 19.8. The molecule has 17 amide bonds. The molecule has 22 N–H and O–H groups in total. The smallest absolute Gasteiger partial charge is 0.303 e. The molecule has 0 unspecified atom stereocenters. The highest BCUT2D eigenvalue weighted by atomic mass is 32.2. The number of phenolic OH excluding ortho intramolecular Hbond substituents is 1. The first-order valence-electron chi connectivity index (χ1n) is 43.9. The summed E-state index contributed by atoms with van der Waals surface area (Å²) in [5.74, 6) is -19.6. The Morgan fingerprint density at radius 1 is 0.542 bits per heavy atom. The van der Waals surface area contributed by atoms with E-state index in [0.29, 0.717) is 70.6 Å². The number of rotatable bonds is 25. The molecule has 3 aromatic carbocycles. The van der Waals surface area contributed by atoms with Gasteiger partial charge in [-0.25, -0.2) is 0 Å². The van der Waals surface area contributed by atoms with Crippen molar-refractivity contribution in [2.75, 3.05) is 65.4 Å².